The van der Waals surface area contributed by atoms with E-state index in [9.17, 15) is 9.59 Å². The van der Waals surface area contributed by atoms with E-state index in [1.165, 1.54) is 17.4 Å². The summed E-state index contributed by atoms with van der Waals surface area (Å²) in [6, 6.07) is 12.1. The van der Waals surface area contributed by atoms with Crippen LogP contribution < -0.4 is 29.1 Å². The van der Waals surface area contributed by atoms with E-state index in [0.29, 0.717) is 44.5 Å². The van der Waals surface area contributed by atoms with Crippen molar-refractivity contribution in [3.05, 3.63) is 97.2 Å². The lowest BCUT2D eigenvalue weighted by molar-refractivity contribution is -0.138. The number of hydrogen-bond donors (Lipinski definition) is 0. The van der Waals surface area contributed by atoms with E-state index in [2.05, 4.69) is 18.5 Å². The van der Waals surface area contributed by atoms with Gasteiger partial charge in [-0.3, -0.25) is 9.36 Å². The predicted molar refractivity (Wildman–Crippen MR) is 156 cm³/mol. The van der Waals surface area contributed by atoms with E-state index in [0.717, 1.165) is 30.4 Å². The number of thiazole rings is 1. The van der Waals surface area contributed by atoms with Gasteiger partial charge in [0.2, 0.25) is 0 Å². The number of rotatable bonds is 12. The summed E-state index contributed by atoms with van der Waals surface area (Å²) in [5, 5.41) is 0. The molecular formula is C31H34N2O6S. The van der Waals surface area contributed by atoms with Gasteiger partial charge in [-0.05, 0) is 54.8 Å². The van der Waals surface area contributed by atoms with Crippen molar-refractivity contribution in [3.8, 4) is 17.2 Å². The van der Waals surface area contributed by atoms with E-state index in [4.69, 9.17) is 18.9 Å². The van der Waals surface area contributed by atoms with E-state index >= 15 is 0 Å². The molecule has 40 heavy (non-hydrogen) atoms. The Morgan fingerprint density at radius 2 is 1.88 bits per heavy atom. The van der Waals surface area contributed by atoms with Crippen LogP contribution >= 0.6 is 11.3 Å². The van der Waals surface area contributed by atoms with Gasteiger partial charge in [0.1, 0.15) is 12.4 Å². The number of fused-ring (bicyclic) bond motifs is 1. The Kier molecular flexibility index (Phi) is 9.60. The summed E-state index contributed by atoms with van der Waals surface area (Å²) in [4.78, 5) is 32.1. The van der Waals surface area contributed by atoms with Crippen molar-refractivity contribution in [3.63, 3.8) is 0 Å². The molecule has 1 aromatic heterocycles. The van der Waals surface area contributed by atoms with Gasteiger partial charge < -0.3 is 18.9 Å². The van der Waals surface area contributed by atoms with Crippen LogP contribution in [0.5, 0.6) is 17.2 Å². The lowest BCUT2D eigenvalue weighted by Crippen LogP contribution is -2.39. The number of methoxy groups -OCH3 is 2. The third-order valence-electron chi connectivity index (χ3n) is 6.50. The molecule has 0 unspecified atom stereocenters. The maximum atomic E-state index is 13.8. The zero-order valence-corrected chi connectivity index (χ0v) is 24.1. The highest BCUT2D eigenvalue weighted by Crippen LogP contribution is 2.32. The molecule has 0 saturated carbocycles. The van der Waals surface area contributed by atoms with Gasteiger partial charge in [0.15, 0.2) is 16.3 Å². The van der Waals surface area contributed by atoms with Crippen LogP contribution in [-0.2, 0) is 9.53 Å². The Labute approximate surface area is 237 Å². The number of aromatic nitrogens is 1. The van der Waals surface area contributed by atoms with Crippen molar-refractivity contribution in [1.29, 1.82) is 0 Å². The van der Waals surface area contributed by atoms with Gasteiger partial charge >= 0.3 is 5.97 Å². The van der Waals surface area contributed by atoms with E-state index in [1.807, 2.05) is 30.3 Å². The molecule has 0 bridgehead atoms. The summed E-state index contributed by atoms with van der Waals surface area (Å²) in [7, 11) is 3.18. The second-order valence-corrected chi connectivity index (χ2v) is 10.2. The number of benzene rings is 2. The SMILES string of the molecule is C=CCOC(=O)C1=C(C)N=c2s/c(=C/c3ccc(OCCCCC)c(OC)c3)c(=O)n2[C@@H]1c1ccc(OC)cc1. The van der Waals surface area contributed by atoms with Crippen molar-refractivity contribution >= 4 is 23.4 Å². The number of esters is 1. The Morgan fingerprint density at radius 1 is 1.10 bits per heavy atom. The summed E-state index contributed by atoms with van der Waals surface area (Å²) in [6.45, 7) is 8.19. The summed E-state index contributed by atoms with van der Waals surface area (Å²) in [5.74, 6) is 1.38. The van der Waals surface area contributed by atoms with Crippen molar-refractivity contribution in [2.24, 2.45) is 4.99 Å². The number of ether oxygens (including phenoxy) is 4. The fourth-order valence-corrected chi connectivity index (χ4v) is 5.52. The highest BCUT2D eigenvalue weighted by Gasteiger charge is 2.33. The zero-order chi connectivity index (χ0) is 28.6. The molecule has 0 spiro atoms. The molecule has 210 valence electrons. The molecule has 9 heteroatoms. The minimum absolute atomic E-state index is 0.0511. The van der Waals surface area contributed by atoms with Crippen LogP contribution in [0.15, 0.2) is 76.2 Å². The van der Waals surface area contributed by atoms with Crippen molar-refractivity contribution < 1.29 is 23.7 Å². The summed E-state index contributed by atoms with van der Waals surface area (Å²) in [5.41, 5.74) is 2.06. The maximum Gasteiger partial charge on any atom is 0.338 e. The lowest BCUT2D eigenvalue weighted by atomic mass is 9.96. The molecule has 2 heterocycles. The first kappa shape index (κ1) is 28.9. The number of carbonyl (C=O) groups is 1. The fourth-order valence-electron chi connectivity index (χ4n) is 4.48. The first-order valence-corrected chi connectivity index (χ1v) is 14.0. The summed E-state index contributed by atoms with van der Waals surface area (Å²) < 4.78 is 24.2. The Hall–Kier alpha value is -4.11. The topological polar surface area (TPSA) is 88.4 Å². The van der Waals surface area contributed by atoms with Gasteiger partial charge in [0.25, 0.3) is 5.56 Å². The quantitative estimate of drug-likeness (QED) is 0.183. The molecule has 0 aliphatic carbocycles. The van der Waals surface area contributed by atoms with Gasteiger partial charge in [-0.25, -0.2) is 9.79 Å². The monoisotopic (exact) mass is 562 g/mol. The minimum atomic E-state index is -0.713. The van der Waals surface area contributed by atoms with E-state index in [1.54, 1.807) is 43.9 Å². The molecule has 3 aromatic rings. The average Bonchev–Trinajstić information content (AvgIpc) is 3.27. The van der Waals surface area contributed by atoms with Gasteiger partial charge in [0, 0.05) is 0 Å². The predicted octanol–water partition coefficient (Wildman–Crippen LogP) is 4.55. The van der Waals surface area contributed by atoms with Gasteiger partial charge in [0.05, 0.1) is 42.7 Å². The average molecular weight is 563 g/mol. The molecule has 0 saturated heterocycles. The molecule has 8 nitrogen and oxygen atoms in total. The molecular weight excluding hydrogens is 528 g/mol. The lowest BCUT2D eigenvalue weighted by Gasteiger charge is -2.24. The molecule has 1 aliphatic rings. The van der Waals surface area contributed by atoms with Crippen molar-refractivity contribution in [2.45, 2.75) is 39.2 Å². The van der Waals surface area contributed by atoms with E-state index < -0.39 is 12.0 Å². The minimum Gasteiger partial charge on any atom is -0.497 e. The van der Waals surface area contributed by atoms with Gasteiger partial charge in [-0.2, -0.15) is 0 Å². The third-order valence-corrected chi connectivity index (χ3v) is 7.48. The normalized spacial score (nSPS) is 14.8. The third kappa shape index (κ3) is 6.20. The highest BCUT2D eigenvalue weighted by molar-refractivity contribution is 7.07. The Balaban J connectivity index is 1.78. The Bertz CT molecular complexity index is 1580. The largest absolute Gasteiger partial charge is 0.497 e. The van der Waals surface area contributed by atoms with Gasteiger partial charge in [-0.1, -0.05) is 62.0 Å². The van der Waals surface area contributed by atoms with Crippen LogP contribution in [0, 0.1) is 0 Å². The smallest absolute Gasteiger partial charge is 0.338 e. The van der Waals surface area contributed by atoms with Crippen LogP contribution in [0.2, 0.25) is 0 Å². The molecule has 1 atom stereocenters. The molecule has 1 aliphatic heterocycles. The van der Waals surface area contributed by atoms with Crippen LogP contribution in [0.1, 0.15) is 50.3 Å². The summed E-state index contributed by atoms with van der Waals surface area (Å²) >= 11 is 1.26. The molecule has 0 radical (unpaired) electrons. The first-order chi connectivity index (χ1) is 19.4. The molecule has 2 aromatic carbocycles. The molecule has 0 fully saturated rings. The zero-order valence-electron chi connectivity index (χ0n) is 23.3. The van der Waals surface area contributed by atoms with Crippen LogP contribution in [-0.4, -0.2) is 38.0 Å². The van der Waals surface area contributed by atoms with E-state index in [-0.39, 0.29) is 12.2 Å². The molecule has 0 amide bonds. The standard InChI is InChI=1S/C31H34N2O6S/c1-6-8-9-17-38-24-15-10-21(18-25(24)37-5)19-26-29(34)33-28(22-11-13-23(36-4)14-12-22)27(30(35)39-16-7-2)20(3)32-31(33)40-26/h7,10-15,18-19,28H,2,6,8-9,16-17H2,1,3-5H3/b26-19+/t28-/m1/s1. The molecule has 0 N–H and O–H groups in total. The second-order valence-electron chi connectivity index (χ2n) is 9.21. The number of carbonyl (C=O) groups excluding carboxylic acids is 1. The van der Waals surface area contributed by atoms with Crippen LogP contribution in [0.4, 0.5) is 0 Å². The summed E-state index contributed by atoms with van der Waals surface area (Å²) in [6.07, 6.45) is 6.49. The first-order valence-electron chi connectivity index (χ1n) is 13.2. The highest BCUT2D eigenvalue weighted by atomic mass is 32.1. The molecule has 4 rings (SSSR count). The van der Waals surface area contributed by atoms with Crippen LogP contribution in [0.3, 0.4) is 0 Å². The number of hydrogen-bond acceptors (Lipinski definition) is 8. The van der Waals surface area contributed by atoms with Crippen molar-refractivity contribution in [1.82, 2.24) is 4.57 Å². The van der Waals surface area contributed by atoms with Crippen LogP contribution in [0.25, 0.3) is 6.08 Å². The maximum absolute atomic E-state index is 13.8. The van der Waals surface area contributed by atoms with Crippen molar-refractivity contribution in [2.75, 3.05) is 27.4 Å². The van der Waals surface area contributed by atoms with Gasteiger partial charge in [-0.15, -0.1) is 0 Å². The fraction of sp³-hybridized carbons (Fsp3) is 0.323. The number of allylic oxidation sites excluding steroid dienone is 1. The number of nitrogens with zero attached hydrogens (tertiary/aromatic N) is 2. The Morgan fingerprint density at radius 3 is 2.55 bits per heavy atom. The second kappa shape index (κ2) is 13.3. The number of unbranched alkanes of at least 4 members (excludes halogenated alkanes) is 2.